The summed E-state index contributed by atoms with van der Waals surface area (Å²) in [7, 11) is 0. The van der Waals surface area contributed by atoms with Crippen molar-refractivity contribution in [3.63, 3.8) is 0 Å². The lowest BCUT2D eigenvalue weighted by Gasteiger charge is -2.25. The fourth-order valence-electron chi connectivity index (χ4n) is 3.03. The third kappa shape index (κ3) is 3.77. The number of halogens is 1. The van der Waals surface area contributed by atoms with Crippen LogP contribution in [-0.4, -0.2) is 6.67 Å². The topological polar surface area (TPSA) is 0 Å². The Morgan fingerprint density at radius 2 is 1.80 bits per heavy atom. The average Bonchev–Trinajstić information content (AvgIpc) is 2.29. The van der Waals surface area contributed by atoms with Crippen LogP contribution in [0.3, 0.4) is 0 Å². The molecule has 15 heavy (non-hydrogen) atoms. The van der Waals surface area contributed by atoms with E-state index >= 15 is 0 Å². The minimum atomic E-state index is -0.127. The minimum Gasteiger partial charge on any atom is -0.251 e. The van der Waals surface area contributed by atoms with Crippen molar-refractivity contribution in [3.8, 4) is 0 Å². The molecule has 0 aromatic heterocycles. The molecule has 1 saturated carbocycles. The van der Waals surface area contributed by atoms with E-state index in [4.69, 9.17) is 0 Å². The van der Waals surface area contributed by atoms with Crippen molar-refractivity contribution in [2.24, 2.45) is 17.3 Å². The Hall–Kier alpha value is -0.0700. The first-order chi connectivity index (χ1) is 7.11. The second-order valence-corrected chi connectivity index (χ2v) is 5.87. The van der Waals surface area contributed by atoms with Crippen molar-refractivity contribution < 1.29 is 4.39 Å². The molecule has 3 atom stereocenters. The highest BCUT2D eigenvalue weighted by Crippen LogP contribution is 2.37. The van der Waals surface area contributed by atoms with Gasteiger partial charge in [-0.2, -0.15) is 0 Å². The highest BCUT2D eigenvalue weighted by molar-refractivity contribution is 4.78. The predicted octanol–water partition coefficient (Wildman–Crippen LogP) is 4.98. The van der Waals surface area contributed by atoms with Crippen molar-refractivity contribution in [1.82, 2.24) is 0 Å². The molecule has 0 aromatic rings. The van der Waals surface area contributed by atoms with E-state index in [2.05, 4.69) is 20.8 Å². The minimum absolute atomic E-state index is 0.0116. The molecule has 0 N–H and O–H groups in total. The van der Waals surface area contributed by atoms with Crippen molar-refractivity contribution >= 4 is 0 Å². The normalized spacial score (nSPS) is 39.2. The molecule has 0 bridgehead atoms. The maximum absolute atomic E-state index is 13.0. The van der Waals surface area contributed by atoms with Gasteiger partial charge < -0.3 is 0 Å². The first-order valence-electron chi connectivity index (χ1n) is 6.67. The van der Waals surface area contributed by atoms with Gasteiger partial charge in [-0.15, -0.1) is 0 Å². The third-order valence-electron chi connectivity index (χ3n) is 4.45. The Bertz CT molecular complexity index is 178. The molecular formula is C14H27F. The Kier molecular flexibility index (Phi) is 5.08. The highest BCUT2D eigenvalue weighted by Gasteiger charge is 2.27. The molecule has 1 aliphatic rings. The maximum Gasteiger partial charge on any atom is 0.0947 e. The van der Waals surface area contributed by atoms with Gasteiger partial charge in [-0.3, -0.25) is 4.39 Å². The summed E-state index contributed by atoms with van der Waals surface area (Å²) in [6.07, 6.45) is 8.53. The zero-order valence-corrected chi connectivity index (χ0v) is 10.7. The van der Waals surface area contributed by atoms with Crippen LogP contribution in [0.2, 0.25) is 0 Å². The number of rotatable bonds is 2. The van der Waals surface area contributed by atoms with E-state index in [1.807, 2.05) is 0 Å². The Morgan fingerprint density at radius 3 is 2.33 bits per heavy atom. The van der Waals surface area contributed by atoms with Gasteiger partial charge in [0.2, 0.25) is 0 Å². The summed E-state index contributed by atoms with van der Waals surface area (Å²) in [6.45, 7) is 6.68. The SMILES string of the molecule is CC[C@H]1CCCC(C)(CF)CCC[C@@H]1C. The molecule has 90 valence electrons. The van der Waals surface area contributed by atoms with Gasteiger partial charge in [0.05, 0.1) is 6.67 Å². The molecule has 1 rings (SSSR count). The van der Waals surface area contributed by atoms with Crippen LogP contribution in [0.5, 0.6) is 0 Å². The molecular weight excluding hydrogens is 187 g/mol. The molecule has 1 aliphatic carbocycles. The van der Waals surface area contributed by atoms with Gasteiger partial charge in [0, 0.05) is 0 Å². The van der Waals surface area contributed by atoms with Crippen LogP contribution in [0.1, 0.15) is 65.7 Å². The van der Waals surface area contributed by atoms with Crippen LogP contribution in [-0.2, 0) is 0 Å². The molecule has 0 spiro atoms. The van der Waals surface area contributed by atoms with Gasteiger partial charge in [-0.05, 0) is 30.1 Å². The van der Waals surface area contributed by atoms with Crippen molar-refractivity contribution in [1.29, 1.82) is 0 Å². The quantitative estimate of drug-likeness (QED) is 0.608. The zero-order valence-electron chi connectivity index (χ0n) is 10.7. The van der Waals surface area contributed by atoms with E-state index < -0.39 is 0 Å². The molecule has 1 fully saturated rings. The van der Waals surface area contributed by atoms with Gasteiger partial charge >= 0.3 is 0 Å². The molecule has 1 unspecified atom stereocenters. The van der Waals surface area contributed by atoms with Gasteiger partial charge in [-0.1, -0.05) is 52.9 Å². The van der Waals surface area contributed by atoms with E-state index in [9.17, 15) is 4.39 Å². The maximum atomic E-state index is 13.0. The van der Waals surface area contributed by atoms with Gasteiger partial charge in [0.25, 0.3) is 0 Å². The van der Waals surface area contributed by atoms with Crippen LogP contribution in [0.4, 0.5) is 4.39 Å². The predicted molar refractivity (Wildman–Crippen MR) is 64.7 cm³/mol. The summed E-state index contributed by atoms with van der Waals surface area (Å²) < 4.78 is 13.0. The van der Waals surface area contributed by atoms with E-state index in [0.29, 0.717) is 0 Å². The Labute approximate surface area is 94.6 Å². The third-order valence-corrected chi connectivity index (χ3v) is 4.45. The lowest BCUT2D eigenvalue weighted by Crippen LogP contribution is -2.18. The second kappa shape index (κ2) is 5.86. The number of hydrogen-bond acceptors (Lipinski definition) is 0. The van der Waals surface area contributed by atoms with Gasteiger partial charge in [0.1, 0.15) is 0 Å². The van der Waals surface area contributed by atoms with Crippen LogP contribution in [0.15, 0.2) is 0 Å². The summed E-state index contributed by atoms with van der Waals surface area (Å²) in [6, 6.07) is 0. The van der Waals surface area contributed by atoms with Crippen LogP contribution in [0, 0.1) is 17.3 Å². The van der Waals surface area contributed by atoms with E-state index in [1.165, 1.54) is 32.1 Å². The first kappa shape index (κ1) is 13.0. The van der Waals surface area contributed by atoms with Crippen molar-refractivity contribution in [3.05, 3.63) is 0 Å². The Morgan fingerprint density at radius 1 is 1.20 bits per heavy atom. The fourth-order valence-corrected chi connectivity index (χ4v) is 3.03. The molecule has 0 radical (unpaired) electrons. The monoisotopic (exact) mass is 214 g/mol. The Balaban J connectivity index is 2.54. The summed E-state index contributed by atoms with van der Waals surface area (Å²) >= 11 is 0. The average molecular weight is 214 g/mol. The molecule has 0 nitrogen and oxygen atoms in total. The zero-order chi connectivity index (χ0) is 11.3. The molecule has 0 amide bonds. The summed E-state index contributed by atoms with van der Waals surface area (Å²) in [4.78, 5) is 0. The molecule has 0 aromatic carbocycles. The smallest absolute Gasteiger partial charge is 0.0947 e. The molecule has 0 heterocycles. The summed E-state index contributed by atoms with van der Waals surface area (Å²) in [5.41, 5.74) is -0.0116. The van der Waals surface area contributed by atoms with Crippen LogP contribution >= 0.6 is 0 Å². The first-order valence-corrected chi connectivity index (χ1v) is 6.67. The highest BCUT2D eigenvalue weighted by atomic mass is 19.1. The van der Waals surface area contributed by atoms with E-state index in [1.54, 1.807) is 0 Å². The largest absolute Gasteiger partial charge is 0.251 e. The summed E-state index contributed by atoms with van der Waals surface area (Å²) in [5.74, 6) is 1.73. The molecule has 0 saturated heterocycles. The fraction of sp³-hybridized carbons (Fsp3) is 1.00. The summed E-state index contributed by atoms with van der Waals surface area (Å²) in [5, 5.41) is 0. The van der Waals surface area contributed by atoms with Gasteiger partial charge in [-0.25, -0.2) is 0 Å². The van der Waals surface area contributed by atoms with Crippen molar-refractivity contribution in [2.45, 2.75) is 65.7 Å². The lowest BCUT2D eigenvalue weighted by atomic mass is 9.82. The molecule has 0 aliphatic heterocycles. The van der Waals surface area contributed by atoms with E-state index in [-0.39, 0.29) is 12.1 Å². The second-order valence-electron chi connectivity index (χ2n) is 5.87. The number of hydrogen-bond donors (Lipinski definition) is 0. The van der Waals surface area contributed by atoms with Crippen molar-refractivity contribution in [2.75, 3.05) is 6.67 Å². The van der Waals surface area contributed by atoms with E-state index in [0.717, 1.165) is 24.7 Å². The standard InChI is InChI=1S/C14H27F/c1-4-13-8-6-10-14(3,11-15)9-5-7-12(13)2/h12-13H,4-11H2,1-3H3/t12-,13-,14?/m0/s1. The molecule has 1 heteroatoms. The van der Waals surface area contributed by atoms with Crippen LogP contribution in [0.25, 0.3) is 0 Å². The lowest BCUT2D eigenvalue weighted by molar-refractivity contribution is 0.189. The number of alkyl halides is 1. The van der Waals surface area contributed by atoms with Gasteiger partial charge in [0.15, 0.2) is 0 Å². The van der Waals surface area contributed by atoms with Crippen LogP contribution < -0.4 is 0 Å².